The van der Waals surface area contributed by atoms with Crippen LogP contribution >= 0.6 is 23.1 Å². The van der Waals surface area contributed by atoms with E-state index in [1.54, 1.807) is 11.3 Å². The Bertz CT molecular complexity index is 832. The molecule has 0 aliphatic heterocycles. The first-order valence-corrected chi connectivity index (χ1v) is 9.65. The highest BCUT2D eigenvalue weighted by Gasteiger charge is 2.15. The maximum Gasteiger partial charge on any atom is 0.276 e. The zero-order valence-corrected chi connectivity index (χ0v) is 16.0. The van der Waals surface area contributed by atoms with Gasteiger partial charge in [0, 0.05) is 18.8 Å². The molecule has 2 aromatic heterocycles. The van der Waals surface area contributed by atoms with Crippen LogP contribution in [0.5, 0.6) is 0 Å². The van der Waals surface area contributed by atoms with Crippen molar-refractivity contribution in [1.29, 1.82) is 0 Å². The van der Waals surface area contributed by atoms with Crippen molar-refractivity contribution in [3.63, 3.8) is 0 Å². The van der Waals surface area contributed by atoms with Gasteiger partial charge in [0.05, 0.1) is 10.7 Å². The second-order valence-corrected chi connectivity index (χ2v) is 7.98. The van der Waals surface area contributed by atoms with E-state index in [1.165, 1.54) is 23.9 Å². The molecule has 0 aliphatic carbocycles. The number of nitrogens with zero attached hydrogens (tertiary/aromatic N) is 4. The van der Waals surface area contributed by atoms with E-state index >= 15 is 0 Å². The molecule has 0 aliphatic rings. The molecule has 0 radical (unpaired) electrons. The van der Waals surface area contributed by atoms with Gasteiger partial charge in [-0.1, -0.05) is 23.9 Å². The van der Waals surface area contributed by atoms with Gasteiger partial charge in [-0.25, -0.2) is 9.37 Å². The molecule has 132 valence electrons. The number of aromatic nitrogens is 3. The molecule has 3 aromatic rings. The van der Waals surface area contributed by atoms with Gasteiger partial charge < -0.3 is 9.32 Å². The summed E-state index contributed by atoms with van der Waals surface area (Å²) in [6.07, 6.45) is 0. The van der Waals surface area contributed by atoms with Gasteiger partial charge in [0.15, 0.2) is 0 Å². The third-order valence-corrected chi connectivity index (χ3v) is 5.43. The van der Waals surface area contributed by atoms with E-state index < -0.39 is 0 Å². The first-order valence-electron chi connectivity index (χ1n) is 7.85. The lowest BCUT2D eigenvalue weighted by atomic mass is 10.2. The van der Waals surface area contributed by atoms with Crippen LogP contribution < -0.4 is 0 Å². The molecule has 0 atom stereocenters. The topological polar surface area (TPSA) is 55.1 Å². The third-order valence-electron chi connectivity index (χ3n) is 3.57. The van der Waals surface area contributed by atoms with Crippen LogP contribution in [0.2, 0.25) is 0 Å². The van der Waals surface area contributed by atoms with Crippen LogP contribution in [0.4, 0.5) is 4.39 Å². The van der Waals surface area contributed by atoms with Crippen LogP contribution in [0.1, 0.15) is 16.3 Å². The number of hydrogen-bond acceptors (Lipinski definition) is 7. The van der Waals surface area contributed by atoms with Gasteiger partial charge in [0.2, 0.25) is 0 Å². The molecular weight excluding hydrogens is 359 g/mol. The maximum absolute atomic E-state index is 12.9. The molecule has 8 heteroatoms. The second kappa shape index (κ2) is 8.07. The molecule has 5 nitrogen and oxygen atoms in total. The summed E-state index contributed by atoms with van der Waals surface area (Å²) in [6, 6.07) is 6.59. The number of halogens is 1. The summed E-state index contributed by atoms with van der Waals surface area (Å²) in [5.41, 5.74) is 2.01. The molecule has 2 heterocycles. The van der Waals surface area contributed by atoms with Crippen LogP contribution in [0, 0.1) is 19.7 Å². The molecule has 0 amide bonds. The molecule has 0 unspecified atom stereocenters. The molecule has 0 saturated heterocycles. The summed E-state index contributed by atoms with van der Waals surface area (Å²) >= 11 is 3.09. The Labute approximate surface area is 154 Å². The fourth-order valence-electron chi connectivity index (χ4n) is 2.36. The van der Waals surface area contributed by atoms with E-state index in [9.17, 15) is 4.39 Å². The van der Waals surface area contributed by atoms with Crippen molar-refractivity contribution in [2.24, 2.45) is 0 Å². The summed E-state index contributed by atoms with van der Waals surface area (Å²) in [5.74, 6) is 1.16. The van der Waals surface area contributed by atoms with Crippen LogP contribution in [0.15, 0.2) is 33.9 Å². The fourth-order valence-corrected chi connectivity index (χ4v) is 4.01. The largest absolute Gasteiger partial charge is 0.410 e. The van der Waals surface area contributed by atoms with E-state index in [2.05, 4.69) is 20.1 Å². The normalized spacial score (nSPS) is 11.4. The van der Waals surface area contributed by atoms with Crippen molar-refractivity contribution in [2.75, 3.05) is 19.3 Å². The molecule has 0 saturated carbocycles. The lowest BCUT2D eigenvalue weighted by Crippen LogP contribution is -2.20. The maximum atomic E-state index is 12.9. The molecule has 25 heavy (non-hydrogen) atoms. The number of thiazole rings is 1. The second-order valence-electron chi connectivity index (χ2n) is 5.73. The SMILES string of the molecule is Cc1nc(C)c(-c2nnc(SCCN(C)Cc3ccc(F)cc3)o2)s1. The molecule has 0 bridgehead atoms. The Kier molecular flexibility index (Phi) is 5.82. The molecule has 0 N–H and O–H groups in total. The number of hydrogen-bond donors (Lipinski definition) is 0. The predicted octanol–water partition coefficient (Wildman–Crippen LogP) is 4.17. The fraction of sp³-hybridized carbons (Fsp3) is 0.353. The Balaban J connectivity index is 1.49. The monoisotopic (exact) mass is 378 g/mol. The number of aryl methyl sites for hydroxylation is 2. The van der Waals surface area contributed by atoms with Crippen LogP contribution in [0.3, 0.4) is 0 Å². The first-order chi connectivity index (χ1) is 12.0. The zero-order valence-electron chi connectivity index (χ0n) is 14.3. The predicted molar refractivity (Wildman–Crippen MR) is 98.3 cm³/mol. The Hall–Kier alpha value is -1.77. The summed E-state index contributed by atoms with van der Waals surface area (Å²) in [6.45, 7) is 5.54. The molecule has 3 rings (SSSR count). The van der Waals surface area contributed by atoms with Gasteiger partial charge in [0.25, 0.3) is 11.1 Å². The van der Waals surface area contributed by atoms with Gasteiger partial charge in [-0.2, -0.15) is 0 Å². The third kappa shape index (κ3) is 4.87. The van der Waals surface area contributed by atoms with Crippen molar-refractivity contribution < 1.29 is 8.81 Å². The number of benzene rings is 1. The van der Waals surface area contributed by atoms with Gasteiger partial charge in [-0.15, -0.1) is 21.5 Å². The Morgan fingerprint density at radius 3 is 2.64 bits per heavy atom. The molecule has 0 fully saturated rings. The minimum Gasteiger partial charge on any atom is -0.410 e. The molecule has 1 aromatic carbocycles. The summed E-state index contributed by atoms with van der Waals surface area (Å²) in [7, 11) is 2.03. The quantitative estimate of drug-likeness (QED) is 0.575. The van der Waals surface area contributed by atoms with E-state index in [4.69, 9.17) is 4.42 Å². The van der Waals surface area contributed by atoms with Crippen LogP contribution in [-0.2, 0) is 6.54 Å². The summed E-state index contributed by atoms with van der Waals surface area (Å²) in [5, 5.41) is 9.77. The van der Waals surface area contributed by atoms with Gasteiger partial charge in [-0.05, 0) is 38.6 Å². The zero-order chi connectivity index (χ0) is 17.8. The minimum atomic E-state index is -0.208. The van der Waals surface area contributed by atoms with Crippen LogP contribution in [-0.4, -0.2) is 39.4 Å². The Morgan fingerprint density at radius 1 is 1.20 bits per heavy atom. The van der Waals surface area contributed by atoms with Gasteiger partial charge in [0.1, 0.15) is 10.7 Å². The number of rotatable bonds is 7. The highest BCUT2D eigenvalue weighted by Crippen LogP contribution is 2.30. The van der Waals surface area contributed by atoms with Crippen molar-refractivity contribution in [2.45, 2.75) is 25.6 Å². The minimum absolute atomic E-state index is 0.208. The molecular formula is C17H19FN4OS2. The van der Waals surface area contributed by atoms with Crippen LogP contribution in [0.25, 0.3) is 10.8 Å². The van der Waals surface area contributed by atoms with Gasteiger partial charge in [-0.3, -0.25) is 0 Å². The first kappa shape index (κ1) is 18.0. The lowest BCUT2D eigenvalue weighted by molar-refractivity contribution is 0.348. The van der Waals surface area contributed by atoms with E-state index in [0.29, 0.717) is 11.1 Å². The summed E-state index contributed by atoms with van der Waals surface area (Å²) in [4.78, 5) is 7.49. The smallest absolute Gasteiger partial charge is 0.276 e. The average molecular weight is 378 g/mol. The Morgan fingerprint density at radius 2 is 1.96 bits per heavy atom. The highest BCUT2D eigenvalue weighted by atomic mass is 32.2. The summed E-state index contributed by atoms with van der Waals surface area (Å²) < 4.78 is 18.7. The standard InChI is InChI=1S/C17H19FN4OS2/c1-11-15(25-12(2)19-11)16-20-21-17(23-16)24-9-8-22(3)10-13-4-6-14(18)7-5-13/h4-7H,8-10H2,1-3H3. The van der Waals surface area contributed by atoms with Gasteiger partial charge >= 0.3 is 0 Å². The van der Waals surface area contributed by atoms with E-state index in [-0.39, 0.29) is 5.82 Å². The van der Waals surface area contributed by atoms with Crippen molar-refractivity contribution in [3.8, 4) is 10.8 Å². The van der Waals surface area contributed by atoms with E-state index in [1.807, 2.05) is 33.0 Å². The van der Waals surface area contributed by atoms with E-state index in [0.717, 1.165) is 40.0 Å². The van der Waals surface area contributed by atoms with Crippen molar-refractivity contribution in [1.82, 2.24) is 20.1 Å². The lowest BCUT2D eigenvalue weighted by Gasteiger charge is -2.15. The average Bonchev–Trinajstić information content (AvgIpc) is 3.16. The number of thioether (sulfide) groups is 1. The van der Waals surface area contributed by atoms with Crippen molar-refractivity contribution >= 4 is 23.1 Å². The van der Waals surface area contributed by atoms with Crippen molar-refractivity contribution in [3.05, 3.63) is 46.3 Å². The molecule has 0 spiro atoms. The highest BCUT2D eigenvalue weighted by molar-refractivity contribution is 7.99.